The lowest BCUT2D eigenvalue weighted by Crippen LogP contribution is -2.24. The number of primary amides is 1. The number of carbonyl (C=O) groups excluding carboxylic acids is 2. The zero-order valence-electron chi connectivity index (χ0n) is 9.71. The van der Waals surface area contributed by atoms with Crippen molar-refractivity contribution in [1.82, 2.24) is 5.32 Å². The third kappa shape index (κ3) is 5.06. The third-order valence-corrected chi connectivity index (χ3v) is 3.55. The van der Waals surface area contributed by atoms with E-state index in [1.807, 2.05) is 0 Å². The molecule has 0 aliphatic carbocycles. The van der Waals surface area contributed by atoms with Crippen molar-refractivity contribution in [3.05, 3.63) is 33.3 Å². The monoisotopic (exact) mass is 332 g/mol. The predicted octanol–water partition coefficient (Wildman–Crippen LogP) is 2.49. The lowest BCUT2D eigenvalue weighted by molar-refractivity contribution is -0.118. The Balaban J connectivity index is 2.36. The van der Waals surface area contributed by atoms with Crippen molar-refractivity contribution in [2.24, 2.45) is 5.73 Å². The quantitative estimate of drug-likeness (QED) is 0.785. The van der Waals surface area contributed by atoms with E-state index in [0.717, 1.165) is 10.9 Å². The van der Waals surface area contributed by atoms with E-state index in [1.165, 1.54) is 0 Å². The first-order chi connectivity index (χ1) is 8.50. The van der Waals surface area contributed by atoms with Gasteiger partial charge in [0.15, 0.2) is 0 Å². The summed E-state index contributed by atoms with van der Waals surface area (Å²) in [5.41, 5.74) is 5.52. The van der Waals surface area contributed by atoms with E-state index in [-0.39, 0.29) is 11.8 Å². The minimum atomic E-state index is -0.319. The SMILES string of the molecule is NC(=O)CCCCNC(=O)c1ccc(Br)c(Cl)c1. The largest absolute Gasteiger partial charge is 0.370 e. The molecular formula is C12H14BrClN2O2. The van der Waals surface area contributed by atoms with E-state index in [9.17, 15) is 9.59 Å². The van der Waals surface area contributed by atoms with Crippen LogP contribution in [0, 0.1) is 0 Å². The van der Waals surface area contributed by atoms with Crippen LogP contribution in [0.3, 0.4) is 0 Å². The fourth-order valence-electron chi connectivity index (χ4n) is 1.37. The summed E-state index contributed by atoms with van der Waals surface area (Å²) in [6.07, 6.45) is 1.75. The number of hydrogen-bond acceptors (Lipinski definition) is 2. The molecule has 4 nitrogen and oxygen atoms in total. The fourth-order valence-corrected chi connectivity index (χ4v) is 1.79. The van der Waals surface area contributed by atoms with Gasteiger partial charge in [-0.2, -0.15) is 0 Å². The molecule has 0 saturated heterocycles. The van der Waals surface area contributed by atoms with Gasteiger partial charge in [-0.1, -0.05) is 11.6 Å². The zero-order valence-corrected chi connectivity index (χ0v) is 12.1. The molecule has 0 aliphatic rings. The Morgan fingerprint density at radius 2 is 2.06 bits per heavy atom. The highest BCUT2D eigenvalue weighted by atomic mass is 79.9. The molecule has 0 aliphatic heterocycles. The average molecular weight is 334 g/mol. The maximum Gasteiger partial charge on any atom is 0.251 e. The Kier molecular flexibility index (Phi) is 6.15. The molecule has 0 spiro atoms. The lowest BCUT2D eigenvalue weighted by Gasteiger charge is -2.05. The van der Waals surface area contributed by atoms with E-state index in [1.54, 1.807) is 18.2 Å². The second-order valence-corrected chi connectivity index (χ2v) is 5.07. The Morgan fingerprint density at radius 3 is 2.67 bits per heavy atom. The number of carbonyl (C=O) groups is 2. The second-order valence-electron chi connectivity index (χ2n) is 3.81. The van der Waals surface area contributed by atoms with Crippen LogP contribution < -0.4 is 11.1 Å². The van der Waals surface area contributed by atoms with Gasteiger partial charge in [0.25, 0.3) is 5.91 Å². The molecule has 0 aromatic heterocycles. The van der Waals surface area contributed by atoms with Gasteiger partial charge in [-0.15, -0.1) is 0 Å². The molecule has 1 aromatic carbocycles. The van der Waals surface area contributed by atoms with Gasteiger partial charge in [0.2, 0.25) is 5.91 Å². The van der Waals surface area contributed by atoms with Crippen LogP contribution in [0.5, 0.6) is 0 Å². The summed E-state index contributed by atoms with van der Waals surface area (Å²) >= 11 is 9.16. The van der Waals surface area contributed by atoms with Crippen molar-refractivity contribution < 1.29 is 9.59 Å². The molecule has 2 amide bonds. The maximum atomic E-state index is 11.7. The van der Waals surface area contributed by atoms with Gasteiger partial charge >= 0.3 is 0 Å². The molecule has 0 atom stereocenters. The van der Waals surface area contributed by atoms with Crippen molar-refractivity contribution in [3.8, 4) is 0 Å². The summed E-state index contributed by atoms with van der Waals surface area (Å²) in [4.78, 5) is 22.2. The van der Waals surface area contributed by atoms with Gasteiger partial charge in [-0.05, 0) is 47.0 Å². The van der Waals surface area contributed by atoms with Gasteiger partial charge < -0.3 is 11.1 Å². The van der Waals surface area contributed by atoms with Crippen molar-refractivity contribution in [3.63, 3.8) is 0 Å². The molecule has 3 N–H and O–H groups in total. The van der Waals surface area contributed by atoms with Crippen LogP contribution in [-0.2, 0) is 4.79 Å². The van der Waals surface area contributed by atoms with E-state index in [2.05, 4.69) is 21.2 Å². The highest BCUT2D eigenvalue weighted by molar-refractivity contribution is 9.10. The Morgan fingerprint density at radius 1 is 1.33 bits per heavy atom. The molecule has 0 radical (unpaired) electrons. The summed E-state index contributed by atoms with van der Waals surface area (Å²) in [6, 6.07) is 5.02. The predicted molar refractivity (Wildman–Crippen MR) is 74.5 cm³/mol. The number of rotatable bonds is 6. The highest BCUT2D eigenvalue weighted by Gasteiger charge is 2.07. The summed E-state index contributed by atoms with van der Waals surface area (Å²) in [5, 5.41) is 3.25. The first kappa shape index (κ1) is 15.0. The number of amides is 2. The average Bonchev–Trinajstić information content (AvgIpc) is 2.31. The molecule has 0 bridgehead atoms. The molecule has 98 valence electrons. The van der Waals surface area contributed by atoms with Crippen molar-refractivity contribution in [1.29, 1.82) is 0 Å². The fraction of sp³-hybridized carbons (Fsp3) is 0.333. The summed E-state index contributed by atoms with van der Waals surface area (Å²) in [6.45, 7) is 0.514. The highest BCUT2D eigenvalue weighted by Crippen LogP contribution is 2.23. The van der Waals surface area contributed by atoms with Crippen LogP contribution in [0.1, 0.15) is 29.6 Å². The minimum Gasteiger partial charge on any atom is -0.370 e. The topological polar surface area (TPSA) is 72.2 Å². The first-order valence-electron chi connectivity index (χ1n) is 5.52. The van der Waals surface area contributed by atoms with Crippen LogP contribution in [-0.4, -0.2) is 18.4 Å². The number of hydrogen-bond donors (Lipinski definition) is 2. The molecule has 1 rings (SSSR count). The smallest absolute Gasteiger partial charge is 0.251 e. The standard InChI is InChI=1S/C12H14BrClN2O2/c13-9-5-4-8(7-10(9)14)12(18)16-6-2-1-3-11(15)17/h4-5,7H,1-3,6H2,(H2,15,17)(H,16,18). The molecule has 0 unspecified atom stereocenters. The molecular weight excluding hydrogens is 320 g/mol. The van der Waals surface area contributed by atoms with Gasteiger partial charge in [0.05, 0.1) is 5.02 Å². The van der Waals surface area contributed by atoms with E-state index in [4.69, 9.17) is 17.3 Å². The number of nitrogens with one attached hydrogen (secondary N) is 1. The normalized spacial score (nSPS) is 10.1. The van der Waals surface area contributed by atoms with E-state index in [0.29, 0.717) is 30.0 Å². The molecule has 6 heteroatoms. The Hall–Kier alpha value is -1.07. The molecule has 0 saturated carbocycles. The molecule has 18 heavy (non-hydrogen) atoms. The maximum absolute atomic E-state index is 11.7. The number of benzene rings is 1. The minimum absolute atomic E-state index is 0.177. The van der Waals surface area contributed by atoms with Gasteiger partial charge in [0.1, 0.15) is 0 Å². The Bertz CT molecular complexity index is 452. The number of unbranched alkanes of at least 4 members (excludes halogenated alkanes) is 1. The van der Waals surface area contributed by atoms with Crippen LogP contribution >= 0.6 is 27.5 Å². The van der Waals surface area contributed by atoms with Gasteiger partial charge in [-0.25, -0.2) is 0 Å². The Labute approximate surface area is 119 Å². The van der Waals surface area contributed by atoms with Crippen molar-refractivity contribution in [2.45, 2.75) is 19.3 Å². The van der Waals surface area contributed by atoms with Crippen LogP contribution in [0.15, 0.2) is 22.7 Å². The van der Waals surface area contributed by atoms with Crippen LogP contribution in [0.25, 0.3) is 0 Å². The van der Waals surface area contributed by atoms with Crippen molar-refractivity contribution in [2.75, 3.05) is 6.54 Å². The first-order valence-corrected chi connectivity index (χ1v) is 6.69. The molecule has 0 heterocycles. The summed E-state index contributed by atoms with van der Waals surface area (Å²) < 4.78 is 0.752. The van der Waals surface area contributed by atoms with Crippen molar-refractivity contribution >= 4 is 39.3 Å². The summed E-state index contributed by atoms with van der Waals surface area (Å²) in [5.74, 6) is -0.496. The lowest BCUT2D eigenvalue weighted by atomic mass is 10.2. The zero-order chi connectivity index (χ0) is 13.5. The third-order valence-electron chi connectivity index (χ3n) is 2.32. The van der Waals surface area contributed by atoms with E-state index < -0.39 is 0 Å². The van der Waals surface area contributed by atoms with Gasteiger partial charge in [-0.3, -0.25) is 9.59 Å². The van der Waals surface area contributed by atoms with Crippen LogP contribution in [0.4, 0.5) is 0 Å². The number of halogens is 2. The number of nitrogens with two attached hydrogens (primary N) is 1. The van der Waals surface area contributed by atoms with E-state index >= 15 is 0 Å². The summed E-state index contributed by atoms with van der Waals surface area (Å²) in [7, 11) is 0. The van der Waals surface area contributed by atoms with Crippen LogP contribution in [0.2, 0.25) is 5.02 Å². The second kappa shape index (κ2) is 7.38. The van der Waals surface area contributed by atoms with Gasteiger partial charge in [0, 0.05) is 23.0 Å². The molecule has 0 fully saturated rings. The molecule has 1 aromatic rings.